The summed E-state index contributed by atoms with van der Waals surface area (Å²) in [7, 11) is 2.19. The molecule has 0 aliphatic carbocycles. The van der Waals surface area contributed by atoms with Crippen LogP contribution in [0.15, 0.2) is 66.9 Å². The molecule has 3 amide bonds. The molecule has 8 heteroatoms. The SMILES string of the molecule is CN1CCCCC1.NC(=O)c1sc2nccc3c2c1NC(=O)N3c1cccc(-c2ccccc2)c1. The Bertz CT molecular complexity index is 1380. The summed E-state index contributed by atoms with van der Waals surface area (Å²) in [6, 6.07) is 19.2. The van der Waals surface area contributed by atoms with Crippen LogP contribution in [0.3, 0.4) is 0 Å². The number of primary amides is 1. The third-order valence-corrected chi connectivity index (χ3v) is 7.37. The van der Waals surface area contributed by atoms with Crippen molar-refractivity contribution in [3.8, 4) is 11.1 Å². The van der Waals surface area contributed by atoms with E-state index in [9.17, 15) is 9.59 Å². The van der Waals surface area contributed by atoms with Crippen molar-refractivity contribution < 1.29 is 9.59 Å². The molecule has 178 valence electrons. The number of carbonyl (C=O) groups excluding carboxylic acids is 2. The Balaban J connectivity index is 0.000000313. The molecule has 0 unspecified atom stereocenters. The molecule has 0 bridgehead atoms. The Labute approximate surface area is 208 Å². The predicted octanol–water partition coefficient (Wildman–Crippen LogP) is 5.85. The Hall–Kier alpha value is -3.75. The summed E-state index contributed by atoms with van der Waals surface area (Å²) in [5.74, 6) is -0.580. The van der Waals surface area contributed by atoms with Crippen molar-refractivity contribution in [1.29, 1.82) is 0 Å². The number of amides is 3. The van der Waals surface area contributed by atoms with Crippen LogP contribution in [0.2, 0.25) is 0 Å². The molecule has 3 N–H and O–H groups in total. The number of pyridine rings is 1. The standard InChI is InChI=1S/C21H14N4O2S.C6H13N/c22-19(26)18-17-16-15(9-10-23-20(16)28-18)25(21(27)24-17)14-8-4-7-13(11-14)12-5-2-1-3-6-12;1-7-5-3-2-4-6-7/h1-11H,(H2,22,26)(H,24,27);2-6H2,1H3. The lowest BCUT2D eigenvalue weighted by molar-refractivity contribution is 0.100. The third kappa shape index (κ3) is 4.62. The topological polar surface area (TPSA) is 91.6 Å². The number of piperidine rings is 1. The lowest BCUT2D eigenvalue weighted by atomic mass is 10.0. The van der Waals surface area contributed by atoms with Gasteiger partial charge in [0, 0.05) is 6.20 Å². The largest absolute Gasteiger partial charge is 0.365 e. The van der Waals surface area contributed by atoms with Gasteiger partial charge in [0.2, 0.25) is 0 Å². The van der Waals surface area contributed by atoms with E-state index < -0.39 is 5.91 Å². The molecular weight excluding hydrogens is 458 g/mol. The zero-order valence-electron chi connectivity index (χ0n) is 19.5. The van der Waals surface area contributed by atoms with Gasteiger partial charge < -0.3 is 16.0 Å². The molecule has 2 aromatic carbocycles. The second-order valence-electron chi connectivity index (χ2n) is 8.73. The van der Waals surface area contributed by atoms with Crippen molar-refractivity contribution in [3.63, 3.8) is 0 Å². The van der Waals surface area contributed by atoms with Crippen molar-refractivity contribution >= 4 is 50.6 Å². The van der Waals surface area contributed by atoms with E-state index in [1.54, 1.807) is 17.2 Å². The van der Waals surface area contributed by atoms with E-state index in [4.69, 9.17) is 5.73 Å². The van der Waals surface area contributed by atoms with E-state index in [1.807, 2.05) is 54.6 Å². The number of thiophene rings is 1. The first-order valence-electron chi connectivity index (χ1n) is 11.7. The van der Waals surface area contributed by atoms with E-state index in [0.29, 0.717) is 21.1 Å². The summed E-state index contributed by atoms with van der Waals surface area (Å²) in [5, 5.41) is 3.55. The van der Waals surface area contributed by atoms with E-state index in [1.165, 1.54) is 43.7 Å². The van der Waals surface area contributed by atoms with Crippen LogP contribution < -0.4 is 16.0 Å². The van der Waals surface area contributed by atoms with Crippen LogP contribution in [-0.4, -0.2) is 42.0 Å². The monoisotopic (exact) mass is 485 g/mol. The third-order valence-electron chi connectivity index (χ3n) is 6.26. The van der Waals surface area contributed by atoms with Crippen molar-refractivity contribution in [1.82, 2.24) is 9.88 Å². The molecule has 0 saturated carbocycles. The fourth-order valence-corrected chi connectivity index (χ4v) is 5.49. The molecule has 0 radical (unpaired) electrons. The molecule has 7 nitrogen and oxygen atoms in total. The van der Waals surface area contributed by atoms with Gasteiger partial charge in [-0.1, -0.05) is 48.9 Å². The molecule has 1 saturated heterocycles. The van der Waals surface area contributed by atoms with Gasteiger partial charge in [0.05, 0.1) is 22.4 Å². The van der Waals surface area contributed by atoms with Gasteiger partial charge in [-0.15, -0.1) is 11.3 Å². The number of aromatic nitrogens is 1. The Morgan fingerprint density at radius 3 is 2.43 bits per heavy atom. The van der Waals surface area contributed by atoms with Gasteiger partial charge in [-0.3, -0.25) is 9.69 Å². The number of benzene rings is 2. The first kappa shape index (κ1) is 23.0. The van der Waals surface area contributed by atoms with Gasteiger partial charge >= 0.3 is 6.03 Å². The summed E-state index contributed by atoms with van der Waals surface area (Å²) < 4.78 is 0. The lowest BCUT2D eigenvalue weighted by Gasteiger charge is -2.28. The Morgan fingerprint density at radius 1 is 1.00 bits per heavy atom. The van der Waals surface area contributed by atoms with Gasteiger partial charge in [0.1, 0.15) is 9.71 Å². The normalized spacial score (nSPS) is 15.3. The van der Waals surface area contributed by atoms with Crippen LogP contribution >= 0.6 is 11.3 Å². The van der Waals surface area contributed by atoms with Crippen molar-refractivity contribution in [2.24, 2.45) is 5.73 Å². The number of hydrogen-bond donors (Lipinski definition) is 2. The van der Waals surface area contributed by atoms with E-state index in [0.717, 1.165) is 22.2 Å². The van der Waals surface area contributed by atoms with Crippen LogP contribution in [0.4, 0.5) is 21.9 Å². The number of nitrogens with two attached hydrogens (primary N) is 1. The number of likely N-dealkylation sites (tertiary alicyclic amines) is 1. The van der Waals surface area contributed by atoms with Crippen LogP contribution in [0.25, 0.3) is 21.3 Å². The van der Waals surface area contributed by atoms with E-state index in [2.05, 4.69) is 22.2 Å². The molecule has 35 heavy (non-hydrogen) atoms. The first-order valence-corrected chi connectivity index (χ1v) is 12.5. The number of carbonyl (C=O) groups is 2. The van der Waals surface area contributed by atoms with Crippen LogP contribution in [0.1, 0.15) is 28.9 Å². The molecule has 1 fully saturated rings. The quantitative estimate of drug-likeness (QED) is 0.381. The van der Waals surface area contributed by atoms with Gasteiger partial charge in [-0.05, 0) is 62.3 Å². The maximum Gasteiger partial charge on any atom is 0.331 e. The lowest BCUT2D eigenvalue weighted by Crippen LogP contribution is -2.34. The second kappa shape index (κ2) is 9.85. The van der Waals surface area contributed by atoms with Crippen LogP contribution in [0.5, 0.6) is 0 Å². The minimum atomic E-state index is -0.580. The van der Waals surface area contributed by atoms with Gasteiger partial charge in [-0.25, -0.2) is 9.78 Å². The highest BCUT2D eigenvalue weighted by Gasteiger charge is 2.32. The van der Waals surface area contributed by atoms with Gasteiger partial charge in [-0.2, -0.15) is 0 Å². The Kier molecular flexibility index (Phi) is 6.48. The van der Waals surface area contributed by atoms with Gasteiger partial charge in [0.15, 0.2) is 0 Å². The maximum atomic E-state index is 13.0. The molecule has 2 aliphatic heterocycles. The molecule has 2 aromatic heterocycles. The molecular formula is C27H27N5O2S. The number of nitrogens with one attached hydrogen (secondary N) is 1. The number of anilines is 3. The fraction of sp³-hybridized carbons (Fsp3) is 0.222. The van der Waals surface area contributed by atoms with E-state index in [-0.39, 0.29) is 6.03 Å². The molecule has 2 aliphatic rings. The average molecular weight is 486 g/mol. The summed E-state index contributed by atoms with van der Waals surface area (Å²) in [6.45, 7) is 2.64. The highest BCUT2D eigenvalue weighted by Crippen LogP contribution is 2.45. The molecule has 4 aromatic rings. The van der Waals surface area contributed by atoms with Crippen molar-refractivity contribution in [2.75, 3.05) is 30.4 Å². The minimum absolute atomic E-state index is 0.306. The highest BCUT2D eigenvalue weighted by molar-refractivity contribution is 7.21. The molecule has 0 atom stereocenters. The number of hydrogen-bond acceptors (Lipinski definition) is 5. The Morgan fingerprint density at radius 2 is 1.74 bits per heavy atom. The van der Waals surface area contributed by atoms with Crippen LogP contribution in [0, 0.1) is 0 Å². The number of urea groups is 1. The van der Waals surface area contributed by atoms with E-state index >= 15 is 0 Å². The summed E-state index contributed by atoms with van der Waals surface area (Å²) in [5.41, 5.74) is 9.40. The van der Waals surface area contributed by atoms with Crippen molar-refractivity contribution in [2.45, 2.75) is 19.3 Å². The molecule has 4 heterocycles. The average Bonchev–Trinajstić information content (AvgIpc) is 3.25. The summed E-state index contributed by atoms with van der Waals surface area (Å²) in [6.07, 6.45) is 5.91. The zero-order chi connectivity index (χ0) is 24.4. The minimum Gasteiger partial charge on any atom is -0.365 e. The fourth-order valence-electron chi connectivity index (χ4n) is 4.52. The smallest absolute Gasteiger partial charge is 0.331 e. The second-order valence-corrected chi connectivity index (χ2v) is 9.73. The zero-order valence-corrected chi connectivity index (χ0v) is 20.3. The van der Waals surface area contributed by atoms with Gasteiger partial charge in [0.25, 0.3) is 5.91 Å². The predicted molar refractivity (Wildman–Crippen MR) is 143 cm³/mol. The number of nitrogens with zero attached hydrogens (tertiary/aromatic N) is 3. The summed E-state index contributed by atoms with van der Waals surface area (Å²) in [4.78, 5) is 34.0. The maximum absolute atomic E-state index is 13.0. The first-order chi connectivity index (χ1) is 17.0. The number of rotatable bonds is 3. The van der Waals surface area contributed by atoms with Crippen LogP contribution in [-0.2, 0) is 0 Å². The molecule has 6 rings (SSSR count). The summed E-state index contributed by atoms with van der Waals surface area (Å²) >= 11 is 1.18. The van der Waals surface area contributed by atoms with Crippen molar-refractivity contribution in [3.05, 3.63) is 71.7 Å². The molecule has 0 spiro atoms. The highest BCUT2D eigenvalue weighted by atomic mass is 32.1.